The molecule has 94 valence electrons. The summed E-state index contributed by atoms with van der Waals surface area (Å²) in [5.41, 5.74) is 4.08. The molecule has 1 aliphatic carbocycles. The molecule has 0 spiro atoms. The van der Waals surface area contributed by atoms with Crippen LogP contribution in [-0.4, -0.2) is 9.97 Å². The van der Waals surface area contributed by atoms with Crippen LogP contribution in [0, 0.1) is 11.8 Å². The second-order valence-electron chi connectivity index (χ2n) is 4.93. The Morgan fingerprint density at radius 1 is 1.35 bits per heavy atom. The van der Waals surface area contributed by atoms with Gasteiger partial charge in [0.1, 0.15) is 6.33 Å². The van der Waals surface area contributed by atoms with E-state index in [1.165, 1.54) is 32.1 Å². The number of hydrazine groups is 1. The summed E-state index contributed by atoms with van der Waals surface area (Å²) in [6.07, 6.45) is 11.8. The van der Waals surface area contributed by atoms with Crippen LogP contribution in [0.15, 0.2) is 18.7 Å². The number of aromatic nitrogens is 2. The van der Waals surface area contributed by atoms with Crippen molar-refractivity contribution in [2.45, 2.75) is 45.1 Å². The molecule has 3 N–H and O–H groups in total. The molecule has 1 aliphatic rings. The highest BCUT2D eigenvalue weighted by Gasteiger charge is 2.31. The van der Waals surface area contributed by atoms with Crippen LogP contribution in [0.1, 0.15) is 50.6 Å². The van der Waals surface area contributed by atoms with E-state index in [-0.39, 0.29) is 6.04 Å². The molecule has 3 unspecified atom stereocenters. The number of hydrogen-bond acceptors (Lipinski definition) is 4. The van der Waals surface area contributed by atoms with Crippen molar-refractivity contribution in [3.63, 3.8) is 0 Å². The summed E-state index contributed by atoms with van der Waals surface area (Å²) in [6.45, 7) is 2.28. The molecule has 0 aliphatic heterocycles. The van der Waals surface area contributed by atoms with E-state index in [4.69, 9.17) is 5.84 Å². The van der Waals surface area contributed by atoms with Crippen LogP contribution in [0.25, 0.3) is 0 Å². The Hall–Kier alpha value is -1.00. The molecular weight excluding hydrogens is 212 g/mol. The molecule has 2 rings (SSSR count). The van der Waals surface area contributed by atoms with Crippen molar-refractivity contribution < 1.29 is 0 Å². The molecule has 0 bridgehead atoms. The maximum atomic E-state index is 5.75. The first-order valence-corrected chi connectivity index (χ1v) is 6.57. The summed E-state index contributed by atoms with van der Waals surface area (Å²) in [4.78, 5) is 8.19. The molecule has 4 nitrogen and oxygen atoms in total. The van der Waals surface area contributed by atoms with E-state index in [0.717, 1.165) is 11.5 Å². The second kappa shape index (κ2) is 6.07. The van der Waals surface area contributed by atoms with Crippen molar-refractivity contribution in [1.29, 1.82) is 0 Å². The van der Waals surface area contributed by atoms with Crippen molar-refractivity contribution in [3.05, 3.63) is 24.3 Å². The lowest BCUT2D eigenvalue weighted by Gasteiger charge is -2.36. The zero-order valence-corrected chi connectivity index (χ0v) is 10.5. The lowest BCUT2D eigenvalue weighted by Crippen LogP contribution is -2.38. The molecule has 4 heteroatoms. The molecular formula is C13H22N4. The van der Waals surface area contributed by atoms with E-state index in [1.807, 2.05) is 12.4 Å². The van der Waals surface area contributed by atoms with Gasteiger partial charge < -0.3 is 0 Å². The minimum absolute atomic E-state index is 0.196. The van der Waals surface area contributed by atoms with Gasteiger partial charge in [0.25, 0.3) is 0 Å². The monoisotopic (exact) mass is 234 g/mol. The van der Waals surface area contributed by atoms with Crippen LogP contribution < -0.4 is 11.3 Å². The molecule has 3 atom stereocenters. The van der Waals surface area contributed by atoms with Gasteiger partial charge in [0.05, 0.1) is 6.04 Å². The fraction of sp³-hybridized carbons (Fsp3) is 0.692. The first-order valence-electron chi connectivity index (χ1n) is 6.57. The first kappa shape index (κ1) is 12.5. The van der Waals surface area contributed by atoms with Crippen molar-refractivity contribution in [3.8, 4) is 0 Å². The summed E-state index contributed by atoms with van der Waals surface area (Å²) in [7, 11) is 0. The molecule has 1 aromatic rings. The Morgan fingerprint density at radius 2 is 2.06 bits per heavy atom. The molecule has 1 fully saturated rings. The average Bonchev–Trinajstić information content (AvgIpc) is 2.41. The van der Waals surface area contributed by atoms with Gasteiger partial charge in [0.2, 0.25) is 0 Å². The standard InChI is InChI=1S/C13H22N4/c1-2-10-5-3-4-6-12(10)13(17-14)11-7-15-9-16-8-11/h7-10,12-13,17H,2-6,14H2,1H3. The summed E-state index contributed by atoms with van der Waals surface area (Å²) in [6, 6.07) is 0.196. The smallest absolute Gasteiger partial charge is 0.115 e. The lowest BCUT2D eigenvalue weighted by atomic mass is 9.73. The van der Waals surface area contributed by atoms with Gasteiger partial charge in [-0.1, -0.05) is 32.6 Å². The SMILES string of the molecule is CCC1CCCCC1C(NN)c1cncnc1. The Bertz CT molecular complexity index is 327. The molecule has 1 aromatic heterocycles. The largest absolute Gasteiger partial charge is 0.271 e. The molecule has 17 heavy (non-hydrogen) atoms. The van der Waals surface area contributed by atoms with Gasteiger partial charge in [-0.2, -0.15) is 0 Å². The first-order chi connectivity index (χ1) is 8.36. The van der Waals surface area contributed by atoms with E-state index in [1.54, 1.807) is 6.33 Å². The van der Waals surface area contributed by atoms with Crippen LogP contribution in [0.2, 0.25) is 0 Å². The Morgan fingerprint density at radius 3 is 2.71 bits per heavy atom. The van der Waals surface area contributed by atoms with E-state index < -0.39 is 0 Å². The predicted molar refractivity (Wildman–Crippen MR) is 67.8 cm³/mol. The average molecular weight is 234 g/mol. The third-order valence-corrected chi connectivity index (χ3v) is 4.04. The van der Waals surface area contributed by atoms with Gasteiger partial charge in [-0.15, -0.1) is 0 Å². The summed E-state index contributed by atoms with van der Waals surface area (Å²) < 4.78 is 0. The number of hydrogen-bond donors (Lipinski definition) is 2. The Labute approximate surface area is 103 Å². The fourth-order valence-corrected chi connectivity index (χ4v) is 3.12. The topological polar surface area (TPSA) is 63.8 Å². The molecule has 0 radical (unpaired) electrons. The van der Waals surface area contributed by atoms with Crippen molar-refractivity contribution in [2.75, 3.05) is 0 Å². The van der Waals surface area contributed by atoms with Gasteiger partial charge >= 0.3 is 0 Å². The zero-order valence-electron chi connectivity index (χ0n) is 10.5. The van der Waals surface area contributed by atoms with Gasteiger partial charge in [0.15, 0.2) is 0 Å². The zero-order chi connectivity index (χ0) is 12.1. The van der Waals surface area contributed by atoms with Crippen molar-refractivity contribution in [1.82, 2.24) is 15.4 Å². The third kappa shape index (κ3) is 2.82. The summed E-state index contributed by atoms with van der Waals surface area (Å²) in [5, 5.41) is 0. The lowest BCUT2D eigenvalue weighted by molar-refractivity contribution is 0.175. The van der Waals surface area contributed by atoms with Gasteiger partial charge in [-0.3, -0.25) is 11.3 Å². The molecule has 1 saturated carbocycles. The molecule has 0 amide bonds. The number of nitrogens with two attached hydrogens (primary N) is 1. The molecule has 0 aromatic carbocycles. The van der Waals surface area contributed by atoms with E-state index in [9.17, 15) is 0 Å². The molecule has 1 heterocycles. The highest BCUT2D eigenvalue weighted by Crippen LogP contribution is 2.39. The fourth-order valence-electron chi connectivity index (χ4n) is 3.12. The van der Waals surface area contributed by atoms with Crippen LogP contribution in [0.3, 0.4) is 0 Å². The Balaban J connectivity index is 2.16. The van der Waals surface area contributed by atoms with Crippen LogP contribution in [-0.2, 0) is 0 Å². The quantitative estimate of drug-likeness (QED) is 0.619. The third-order valence-electron chi connectivity index (χ3n) is 4.04. The number of nitrogens with one attached hydrogen (secondary N) is 1. The van der Waals surface area contributed by atoms with E-state index >= 15 is 0 Å². The maximum absolute atomic E-state index is 5.75. The molecule has 0 saturated heterocycles. The highest BCUT2D eigenvalue weighted by atomic mass is 15.2. The van der Waals surface area contributed by atoms with Crippen LogP contribution in [0.5, 0.6) is 0 Å². The maximum Gasteiger partial charge on any atom is 0.115 e. The van der Waals surface area contributed by atoms with Crippen LogP contribution in [0.4, 0.5) is 0 Å². The Kier molecular flexibility index (Phi) is 4.45. The van der Waals surface area contributed by atoms with Crippen LogP contribution >= 0.6 is 0 Å². The predicted octanol–water partition coefficient (Wildman–Crippen LogP) is 2.20. The summed E-state index contributed by atoms with van der Waals surface area (Å²) >= 11 is 0. The van der Waals surface area contributed by atoms with Crippen molar-refractivity contribution in [2.24, 2.45) is 17.7 Å². The van der Waals surface area contributed by atoms with E-state index in [2.05, 4.69) is 22.3 Å². The normalized spacial score (nSPS) is 26.7. The van der Waals surface area contributed by atoms with Crippen molar-refractivity contribution >= 4 is 0 Å². The number of nitrogens with zero attached hydrogens (tertiary/aromatic N) is 2. The summed E-state index contributed by atoms with van der Waals surface area (Å²) in [5.74, 6) is 7.13. The van der Waals surface area contributed by atoms with E-state index in [0.29, 0.717) is 5.92 Å². The van der Waals surface area contributed by atoms with Gasteiger partial charge in [0, 0.05) is 18.0 Å². The number of rotatable bonds is 4. The minimum atomic E-state index is 0.196. The second-order valence-corrected chi connectivity index (χ2v) is 4.93. The van der Waals surface area contributed by atoms with Gasteiger partial charge in [-0.05, 0) is 18.3 Å². The minimum Gasteiger partial charge on any atom is -0.271 e. The van der Waals surface area contributed by atoms with Gasteiger partial charge in [-0.25, -0.2) is 9.97 Å². The highest BCUT2D eigenvalue weighted by molar-refractivity contribution is 5.11.